The third-order valence-corrected chi connectivity index (χ3v) is 2.66. The summed E-state index contributed by atoms with van der Waals surface area (Å²) in [5.74, 6) is 6.23. The molecule has 0 amide bonds. The van der Waals surface area contributed by atoms with Crippen LogP contribution in [-0.2, 0) is 0 Å². The minimum absolute atomic E-state index is 0.0470. The molecule has 2 rings (SSSR count). The second-order valence-corrected chi connectivity index (χ2v) is 4.20. The topological polar surface area (TPSA) is 29.5 Å². The fourth-order valence-electron chi connectivity index (χ4n) is 1.77. The smallest absolute Gasteiger partial charge is 0.272 e. The summed E-state index contributed by atoms with van der Waals surface area (Å²) in [6.07, 6.45) is -2.03. The van der Waals surface area contributed by atoms with Crippen LogP contribution < -0.4 is 4.74 Å². The number of fused-ring (bicyclic) bond motifs is 1. The van der Waals surface area contributed by atoms with Gasteiger partial charge in [0.1, 0.15) is 12.4 Å². The van der Waals surface area contributed by atoms with Crippen molar-refractivity contribution in [3.05, 3.63) is 42.0 Å². The van der Waals surface area contributed by atoms with E-state index in [9.17, 15) is 8.78 Å². The SMILES string of the molecule is OCCC#Cc1ccc2cc(OCC(F)F)ccc2c1. The number of rotatable bonds is 4. The Bertz CT molecular complexity index is 642. The molecule has 0 heterocycles. The highest BCUT2D eigenvalue weighted by Gasteiger charge is 2.04. The number of hydrogen-bond acceptors (Lipinski definition) is 2. The maximum atomic E-state index is 12.1. The van der Waals surface area contributed by atoms with E-state index in [1.165, 1.54) is 0 Å². The standard InChI is InChI=1S/C16H14F2O2/c17-16(18)11-20-15-7-6-13-9-12(3-1-2-8-19)4-5-14(13)10-15/h4-7,9-10,16,19H,2,8,11H2. The molecule has 1 N–H and O–H groups in total. The average Bonchev–Trinajstić information content (AvgIpc) is 2.45. The van der Waals surface area contributed by atoms with Crippen LogP contribution in [0, 0.1) is 11.8 Å². The van der Waals surface area contributed by atoms with Crippen LogP contribution in [0.1, 0.15) is 12.0 Å². The monoisotopic (exact) mass is 276 g/mol. The van der Waals surface area contributed by atoms with Crippen LogP contribution in [0.3, 0.4) is 0 Å². The fourth-order valence-corrected chi connectivity index (χ4v) is 1.77. The van der Waals surface area contributed by atoms with Crippen molar-refractivity contribution in [1.29, 1.82) is 0 Å². The number of aliphatic hydroxyl groups excluding tert-OH is 1. The first-order valence-corrected chi connectivity index (χ1v) is 6.23. The molecule has 0 saturated heterocycles. The predicted molar refractivity (Wildman–Crippen MR) is 74.0 cm³/mol. The zero-order chi connectivity index (χ0) is 14.4. The Morgan fingerprint density at radius 2 is 1.85 bits per heavy atom. The highest BCUT2D eigenvalue weighted by atomic mass is 19.3. The minimum Gasteiger partial charge on any atom is -0.488 e. The van der Waals surface area contributed by atoms with Crippen molar-refractivity contribution < 1.29 is 18.6 Å². The summed E-state index contributed by atoms with van der Waals surface area (Å²) in [4.78, 5) is 0. The number of halogens is 2. The molecule has 2 aromatic rings. The molecule has 0 aromatic heterocycles. The molecule has 4 heteroatoms. The molecule has 2 aromatic carbocycles. The Hall–Kier alpha value is -2.12. The molecule has 0 radical (unpaired) electrons. The first-order chi connectivity index (χ1) is 9.69. The van der Waals surface area contributed by atoms with Gasteiger partial charge in [0.25, 0.3) is 6.43 Å². The molecule has 0 aliphatic rings. The van der Waals surface area contributed by atoms with E-state index in [0.717, 1.165) is 16.3 Å². The zero-order valence-electron chi connectivity index (χ0n) is 10.8. The number of hydrogen-bond donors (Lipinski definition) is 1. The average molecular weight is 276 g/mol. The lowest BCUT2D eigenvalue weighted by Crippen LogP contribution is -2.06. The van der Waals surface area contributed by atoms with Gasteiger partial charge < -0.3 is 9.84 Å². The van der Waals surface area contributed by atoms with Crippen LogP contribution in [0.4, 0.5) is 8.78 Å². The van der Waals surface area contributed by atoms with E-state index in [1.807, 2.05) is 24.3 Å². The van der Waals surface area contributed by atoms with Crippen molar-refractivity contribution in [2.45, 2.75) is 12.8 Å². The second-order valence-electron chi connectivity index (χ2n) is 4.20. The van der Waals surface area contributed by atoms with Gasteiger partial charge in [0.2, 0.25) is 0 Å². The van der Waals surface area contributed by atoms with Crippen LogP contribution in [0.15, 0.2) is 36.4 Å². The van der Waals surface area contributed by atoms with E-state index in [1.54, 1.807) is 12.1 Å². The summed E-state index contributed by atoms with van der Waals surface area (Å²) in [7, 11) is 0. The van der Waals surface area contributed by atoms with Gasteiger partial charge in [-0.05, 0) is 35.0 Å². The lowest BCUT2D eigenvalue weighted by atomic mass is 10.1. The lowest BCUT2D eigenvalue weighted by Gasteiger charge is -2.06. The maximum absolute atomic E-state index is 12.1. The van der Waals surface area contributed by atoms with Crippen LogP contribution in [0.2, 0.25) is 0 Å². The largest absolute Gasteiger partial charge is 0.488 e. The molecule has 0 aliphatic carbocycles. The summed E-state index contributed by atoms with van der Waals surface area (Å²) >= 11 is 0. The number of benzene rings is 2. The van der Waals surface area contributed by atoms with E-state index in [-0.39, 0.29) is 6.61 Å². The molecule has 2 nitrogen and oxygen atoms in total. The molecule has 0 unspecified atom stereocenters. The first-order valence-electron chi connectivity index (χ1n) is 6.23. The lowest BCUT2D eigenvalue weighted by molar-refractivity contribution is 0.0820. The van der Waals surface area contributed by atoms with E-state index < -0.39 is 13.0 Å². The molecule has 0 saturated carbocycles. The Labute approximate surface area is 116 Å². The fraction of sp³-hybridized carbons (Fsp3) is 0.250. The summed E-state index contributed by atoms with van der Waals surface area (Å²) in [6, 6.07) is 10.8. The minimum atomic E-state index is -2.48. The third kappa shape index (κ3) is 3.94. The van der Waals surface area contributed by atoms with Gasteiger partial charge in [-0.25, -0.2) is 8.78 Å². The van der Waals surface area contributed by atoms with Gasteiger partial charge in [0.15, 0.2) is 0 Å². The summed E-state index contributed by atoms with van der Waals surface area (Å²) in [5, 5.41) is 10.5. The van der Waals surface area contributed by atoms with Crippen molar-refractivity contribution in [2.24, 2.45) is 0 Å². The van der Waals surface area contributed by atoms with Gasteiger partial charge in [-0.2, -0.15) is 0 Å². The number of alkyl halides is 2. The highest BCUT2D eigenvalue weighted by Crippen LogP contribution is 2.22. The Morgan fingerprint density at radius 3 is 2.60 bits per heavy atom. The van der Waals surface area contributed by atoms with Crippen LogP contribution in [0.25, 0.3) is 10.8 Å². The summed E-state index contributed by atoms with van der Waals surface area (Å²) in [6.45, 7) is -0.554. The zero-order valence-corrected chi connectivity index (χ0v) is 10.8. The molecular weight excluding hydrogens is 262 g/mol. The molecule has 104 valence electrons. The summed E-state index contributed by atoms with van der Waals surface area (Å²) in [5.41, 5.74) is 0.854. The highest BCUT2D eigenvalue weighted by molar-refractivity contribution is 5.85. The Balaban J connectivity index is 2.19. The van der Waals surface area contributed by atoms with Crippen molar-refractivity contribution in [2.75, 3.05) is 13.2 Å². The maximum Gasteiger partial charge on any atom is 0.272 e. The molecule has 0 atom stereocenters. The summed E-state index contributed by atoms with van der Waals surface area (Å²) < 4.78 is 29.1. The van der Waals surface area contributed by atoms with Crippen molar-refractivity contribution in [3.63, 3.8) is 0 Å². The van der Waals surface area contributed by atoms with E-state index in [4.69, 9.17) is 9.84 Å². The molecule has 20 heavy (non-hydrogen) atoms. The molecular formula is C16H14F2O2. The van der Waals surface area contributed by atoms with Gasteiger partial charge >= 0.3 is 0 Å². The predicted octanol–water partition coefficient (Wildman–Crippen LogP) is 3.22. The van der Waals surface area contributed by atoms with Gasteiger partial charge in [-0.1, -0.05) is 24.0 Å². The van der Waals surface area contributed by atoms with Gasteiger partial charge in [-0.3, -0.25) is 0 Å². The quantitative estimate of drug-likeness (QED) is 0.869. The van der Waals surface area contributed by atoms with Gasteiger partial charge in [0.05, 0.1) is 6.61 Å². The van der Waals surface area contributed by atoms with Crippen molar-refractivity contribution in [1.82, 2.24) is 0 Å². The van der Waals surface area contributed by atoms with Crippen LogP contribution in [0.5, 0.6) is 5.75 Å². The second kappa shape index (κ2) is 6.88. The van der Waals surface area contributed by atoms with Gasteiger partial charge in [-0.15, -0.1) is 0 Å². The Kier molecular flexibility index (Phi) is 4.91. The van der Waals surface area contributed by atoms with E-state index in [0.29, 0.717) is 12.2 Å². The number of ether oxygens (including phenoxy) is 1. The van der Waals surface area contributed by atoms with E-state index >= 15 is 0 Å². The number of aliphatic hydroxyl groups is 1. The normalized spacial score (nSPS) is 10.4. The van der Waals surface area contributed by atoms with Crippen LogP contribution in [-0.4, -0.2) is 24.7 Å². The third-order valence-electron chi connectivity index (χ3n) is 2.66. The molecule has 0 aliphatic heterocycles. The van der Waals surface area contributed by atoms with Crippen molar-refractivity contribution in [3.8, 4) is 17.6 Å². The first kappa shape index (κ1) is 14.3. The molecule has 0 fully saturated rings. The molecule has 0 bridgehead atoms. The van der Waals surface area contributed by atoms with Crippen LogP contribution >= 0.6 is 0 Å². The molecule has 0 spiro atoms. The van der Waals surface area contributed by atoms with E-state index in [2.05, 4.69) is 11.8 Å². The van der Waals surface area contributed by atoms with Gasteiger partial charge in [0, 0.05) is 12.0 Å². The Morgan fingerprint density at radius 1 is 1.10 bits per heavy atom. The van der Waals surface area contributed by atoms with Crippen molar-refractivity contribution >= 4 is 10.8 Å².